The van der Waals surface area contributed by atoms with Crippen molar-refractivity contribution in [3.63, 3.8) is 0 Å². The van der Waals surface area contributed by atoms with Crippen LogP contribution in [0.2, 0.25) is 0 Å². The second-order valence-electron chi connectivity index (χ2n) is 6.36. The van der Waals surface area contributed by atoms with Gasteiger partial charge in [-0.15, -0.1) is 11.3 Å². The minimum Gasteiger partial charge on any atom is -0.465 e. The molecule has 1 saturated heterocycles. The zero-order valence-electron chi connectivity index (χ0n) is 15.0. The first-order valence-corrected chi connectivity index (χ1v) is 9.49. The van der Waals surface area contributed by atoms with Crippen molar-refractivity contribution in [1.82, 2.24) is 4.90 Å². The van der Waals surface area contributed by atoms with Gasteiger partial charge in [-0.25, -0.2) is 13.6 Å². The molecule has 1 N–H and O–H groups in total. The van der Waals surface area contributed by atoms with Crippen LogP contribution < -0.4 is 5.32 Å². The van der Waals surface area contributed by atoms with E-state index in [2.05, 4.69) is 10.1 Å². The maximum Gasteiger partial charge on any atom is 0.340 e. The third kappa shape index (κ3) is 4.19. The lowest BCUT2D eigenvalue weighted by Crippen LogP contribution is -2.43. The Morgan fingerprint density at radius 3 is 2.71 bits per heavy atom. The summed E-state index contributed by atoms with van der Waals surface area (Å²) in [5, 5.41) is 4.20. The zero-order chi connectivity index (χ0) is 20.3. The number of hydrogen-bond acceptors (Lipinski definition) is 5. The molecule has 3 rings (SSSR count). The van der Waals surface area contributed by atoms with Crippen molar-refractivity contribution >= 4 is 34.8 Å². The third-order valence-corrected chi connectivity index (χ3v) is 5.39. The summed E-state index contributed by atoms with van der Waals surface area (Å²) in [5.74, 6) is -4.23. The highest BCUT2D eigenvalue weighted by Gasteiger charge is 2.30. The summed E-state index contributed by atoms with van der Waals surface area (Å²) < 4.78 is 32.2. The first-order valence-electron chi connectivity index (χ1n) is 8.61. The molecule has 1 aromatic heterocycles. The Bertz CT molecular complexity index is 902. The molecule has 2 amide bonds. The topological polar surface area (TPSA) is 75.7 Å². The molecule has 0 spiro atoms. The molecule has 2 heterocycles. The van der Waals surface area contributed by atoms with Crippen LogP contribution in [-0.4, -0.2) is 42.9 Å². The summed E-state index contributed by atoms with van der Waals surface area (Å²) in [4.78, 5) is 38.8. The van der Waals surface area contributed by atoms with Gasteiger partial charge in [-0.05, 0) is 30.4 Å². The lowest BCUT2D eigenvalue weighted by molar-refractivity contribution is -0.121. The van der Waals surface area contributed by atoms with Gasteiger partial charge < -0.3 is 15.0 Å². The fourth-order valence-electron chi connectivity index (χ4n) is 3.08. The van der Waals surface area contributed by atoms with Gasteiger partial charge in [0.05, 0.1) is 29.2 Å². The number of amides is 2. The molecule has 0 saturated carbocycles. The first kappa shape index (κ1) is 19.9. The number of anilines is 1. The maximum atomic E-state index is 14.0. The number of nitrogens with one attached hydrogen (secondary N) is 1. The summed E-state index contributed by atoms with van der Waals surface area (Å²) in [7, 11) is 1.07. The van der Waals surface area contributed by atoms with E-state index in [1.54, 1.807) is 22.4 Å². The number of rotatable bonds is 4. The molecule has 9 heteroatoms. The van der Waals surface area contributed by atoms with Crippen LogP contribution in [0.3, 0.4) is 0 Å². The largest absolute Gasteiger partial charge is 0.465 e. The number of halogens is 2. The predicted molar refractivity (Wildman–Crippen MR) is 99.3 cm³/mol. The van der Waals surface area contributed by atoms with Gasteiger partial charge >= 0.3 is 5.97 Å². The van der Waals surface area contributed by atoms with Crippen molar-refractivity contribution in [2.24, 2.45) is 5.92 Å². The van der Waals surface area contributed by atoms with E-state index >= 15 is 0 Å². The van der Waals surface area contributed by atoms with Crippen LogP contribution in [0.5, 0.6) is 0 Å². The molecule has 1 aliphatic heterocycles. The van der Waals surface area contributed by atoms with E-state index in [1.165, 1.54) is 11.3 Å². The molecule has 6 nitrogen and oxygen atoms in total. The standard InChI is InChI=1S/C19H18F2N2O4S/c1-27-19(26)12-8-15(14(21)9-13(12)20)22-17(24)11-4-2-6-23(10-11)18(25)16-5-3-7-28-16/h3,5,7-9,11H,2,4,6,10H2,1H3,(H,22,24). The van der Waals surface area contributed by atoms with Crippen molar-refractivity contribution in [2.45, 2.75) is 12.8 Å². The minimum atomic E-state index is -1.08. The van der Waals surface area contributed by atoms with Crippen LogP contribution in [0.15, 0.2) is 29.6 Å². The van der Waals surface area contributed by atoms with Crippen molar-refractivity contribution in [3.05, 3.63) is 51.7 Å². The van der Waals surface area contributed by atoms with Crippen molar-refractivity contribution in [2.75, 3.05) is 25.5 Å². The Balaban J connectivity index is 1.72. The maximum absolute atomic E-state index is 14.0. The molecular weight excluding hydrogens is 390 g/mol. The van der Waals surface area contributed by atoms with E-state index in [0.717, 1.165) is 13.2 Å². The molecule has 1 unspecified atom stereocenters. The number of hydrogen-bond donors (Lipinski definition) is 1. The zero-order valence-corrected chi connectivity index (χ0v) is 15.9. The van der Waals surface area contributed by atoms with Crippen LogP contribution in [-0.2, 0) is 9.53 Å². The molecule has 148 valence electrons. The second kappa shape index (κ2) is 8.47. The third-order valence-electron chi connectivity index (χ3n) is 4.53. The Kier molecular flexibility index (Phi) is 6.03. The number of methoxy groups -OCH3 is 1. The highest BCUT2D eigenvalue weighted by Crippen LogP contribution is 2.24. The van der Waals surface area contributed by atoms with Crippen LogP contribution in [0.4, 0.5) is 14.5 Å². The normalized spacial score (nSPS) is 16.5. The van der Waals surface area contributed by atoms with Gasteiger partial charge in [-0.1, -0.05) is 6.07 Å². The van der Waals surface area contributed by atoms with Gasteiger partial charge in [0, 0.05) is 19.2 Å². The van der Waals surface area contributed by atoms with E-state index in [1.807, 2.05) is 0 Å². The van der Waals surface area contributed by atoms with Crippen molar-refractivity contribution in [3.8, 4) is 0 Å². The Morgan fingerprint density at radius 1 is 1.25 bits per heavy atom. The molecule has 1 aromatic carbocycles. The predicted octanol–water partition coefficient (Wildman–Crippen LogP) is 3.30. The Hall–Kier alpha value is -2.81. The molecule has 0 bridgehead atoms. The number of carbonyl (C=O) groups excluding carboxylic acids is 3. The van der Waals surface area contributed by atoms with Crippen molar-refractivity contribution in [1.29, 1.82) is 0 Å². The number of carbonyl (C=O) groups is 3. The fraction of sp³-hybridized carbons (Fsp3) is 0.316. The summed E-state index contributed by atoms with van der Waals surface area (Å²) in [5.41, 5.74) is -0.786. The lowest BCUT2D eigenvalue weighted by atomic mass is 9.96. The van der Waals surface area contributed by atoms with Gasteiger partial charge in [0.1, 0.15) is 11.6 Å². The molecule has 28 heavy (non-hydrogen) atoms. The van der Waals surface area contributed by atoms with Crippen LogP contribution in [0.1, 0.15) is 32.9 Å². The molecule has 1 fully saturated rings. The number of piperidine rings is 1. The average Bonchev–Trinajstić information content (AvgIpc) is 3.23. The Morgan fingerprint density at radius 2 is 2.04 bits per heavy atom. The van der Waals surface area contributed by atoms with Crippen LogP contribution in [0.25, 0.3) is 0 Å². The summed E-state index contributed by atoms with van der Waals surface area (Å²) in [6.07, 6.45) is 1.17. The number of benzene rings is 1. The highest BCUT2D eigenvalue weighted by atomic mass is 32.1. The second-order valence-corrected chi connectivity index (χ2v) is 7.31. The quantitative estimate of drug-likeness (QED) is 0.788. The summed E-state index contributed by atoms with van der Waals surface area (Å²) in [6.45, 7) is 0.743. The summed E-state index contributed by atoms with van der Waals surface area (Å²) >= 11 is 1.33. The van der Waals surface area contributed by atoms with E-state index in [-0.39, 0.29) is 18.1 Å². The monoisotopic (exact) mass is 408 g/mol. The van der Waals surface area contributed by atoms with Gasteiger partial charge in [-0.2, -0.15) is 0 Å². The van der Waals surface area contributed by atoms with Gasteiger partial charge in [0.25, 0.3) is 5.91 Å². The van der Waals surface area contributed by atoms with E-state index in [0.29, 0.717) is 30.3 Å². The lowest BCUT2D eigenvalue weighted by Gasteiger charge is -2.31. The Labute approximate surface area is 164 Å². The smallest absolute Gasteiger partial charge is 0.340 e. The number of esters is 1. The number of thiophene rings is 1. The highest BCUT2D eigenvalue weighted by molar-refractivity contribution is 7.12. The molecular formula is C19H18F2N2O4S. The summed E-state index contributed by atoms with van der Waals surface area (Å²) in [6, 6.07) is 4.93. The van der Waals surface area contributed by atoms with Gasteiger partial charge in [0.15, 0.2) is 0 Å². The van der Waals surface area contributed by atoms with E-state index in [9.17, 15) is 23.2 Å². The molecule has 1 atom stereocenters. The van der Waals surface area contributed by atoms with Crippen LogP contribution >= 0.6 is 11.3 Å². The molecule has 0 aliphatic carbocycles. The van der Waals surface area contributed by atoms with Gasteiger partial charge in [-0.3, -0.25) is 9.59 Å². The van der Waals surface area contributed by atoms with Gasteiger partial charge in [0.2, 0.25) is 5.91 Å². The fourth-order valence-corrected chi connectivity index (χ4v) is 3.77. The average molecular weight is 408 g/mol. The number of ether oxygens (including phenoxy) is 1. The molecule has 0 radical (unpaired) electrons. The number of nitrogens with zero attached hydrogens (tertiary/aromatic N) is 1. The minimum absolute atomic E-state index is 0.145. The first-order chi connectivity index (χ1) is 13.4. The number of likely N-dealkylation sites (tertiary alicyclic amines) is 1. The van der Waals surface area contributed by atoms with Crippen molar-refractivity contribution < 1.29 is 27.9 Å². The molecule has 2 aromatic rings. The van der Waals surface area contributed by atoms with E-state index in [4.69, 9.17) is 0 Å². The SMILES string of the molecule is COC(=O)c1cc(NC(=O)C2CCCN(C(=O)c3cccs3)C2)c(F)cc1F. The molecule has 1 aliphatic rings. The van der Waals surface area contributed by atoms with E-state index < -0.39 is 35.0 Å². The van der Waals surface area contributed by atoms with Crippen LogP contribution in [0, 0.1) is 17.6 Å².